The number of aromatic nitrogens is 2. The molecule has 0 aliphatic heterocycles. The summed E-state index contributed by atoms with van der Waals surface area (Å²) in [5.74, 6) is 1.09. The minimum atomic E-state index is -0.332. The molecule has 2 aromatic carbocycles. The molecule has 0 amide bonds. The first-order valence-corrected chi connectivity index (χ1v) is 8.61. The third-order valence-corrected chi connectivity index (χ3v) is 4.72. The van der Waals surface area contributed by atoms with Gasteiger partial charge in [0.05, 0.1) is 14.2 Å². The number of carbonyl (C=O) groups excluding carboxylic acids is 1. The number of H-pyrrole nitrogens is 2. The van der Waals surface area contributed by atoms with Gasteiger partial charge in [0.2, 0.25) is 5.78 Å². The summed E-state index contributed by atoms with van der Waals surface area (Å²) in [6.45, 7) is 0. The highest BCUT2D eigenvalue weighted by molar-refractivity contribution is 6.20. The zero-order chi connectivity index (χ0) is 19.7. The molecule has 0 saturated heterocycles. The summed E-state index contributed by atoms with van der Waals surface area (Å²) in [7, 11) is 3.19. The summed E-state index contributed by atoms with van der Waals surface area (Å²) in [6, 6.07) is 13.1. The number of carbonyl (C=O) groups is 1. The summed E-state index contributed by atoms with van der Waals surface area (Å²) in [5, 5.41) is 11.3. The molecule has 2 heterocycles. The summed E-state index contributed by atoms with van der Waals surface area (Å²) in [5.41, 5.74) is 2.93. The molecular weight excluding hydrogens is 354 g/mol. The normalized spacial score (nSPS) is 11.5. The molecule has 0 saturated carbocycles. The van der Waals surface area contributed by atoms with Crippen LogP contribution in [0.5, 0.6) is 11.5 Å². The Morgan fingerprint density at radius 2 is 1.57 bits per heavy atom. The Balaban J connectivity index is 1.75. The Labute approximate surface area is 161 Å². The number of allylic oxidation sites excluding steroid dienone is 1. The number of fused-ring (bicyclic) bond motifs is 2. The Bertz CT molecular complexity index is 1270. The number of ketones is 1. The number of Topliss-reactive ketones (excluding diaryl/α,β-unsaturated/α-hetero) is 1. The van der Waals surface area contributed by atoms with Gasteiger partial charge in [-0.25, -0.2) is 0 Å². The fourth-order valence-electron chi connectivity index (χ4n) is 3.24. The largest absolute Gasteiger partial charge is 0.497 e. The van der Waals surface area contributed by atoms with Crippen LogP contribution in [-0.4, -0.2) is 30.0 Å². The molecule has 4 aromatic rings. The highest BCUT2D eigenvalue weighted by Crippen LogP contribution is 2.28. The van der Waals surface area contributed by atoms with Gasteiger partial charge in [0.25, 0.3) is 0 Å². The lowest BCUT2D eigenvalue weighted by Crippen LogP contribution is -2.01. The van der Waals surface area contributed by atoms with Crippen LogP contribution in [0, 0.1) is 11.3 Å². The molecule has 138 valence electrons. The van der Waals surface area contributed by atoms with Gasteiger partial charge in [0.1, 0.15) is 23.1 Å². The molecule has 4 rings (SSSR count). The van der Waals surface area contributed by atoms with Gasteiger partial charge in [-0.05, 0) is 30.3 Å². The van der Waals surface area contributed by atoms with Gasteiger partial charge < -0.3 is 19.4 Å². The number of nitrogens with zero attached hydrogens (tertiary/aromatic N) is 1. The number of ether oxygens (including phenoxy) is 2. The van der Waals surface area contributed by atoms with Gasteiger partial charge in [-0.3, -0.25) is 4.79 Å². The molecule has 6 nitrogen and oxygen atoms in total. The van der Waals surface area contributed by atoms with Crippen molar-refractivity contribution in [1.82, 2.24) is 9.97 Å². The van der Waals surface area contributed by atoms with Crippen LogP contribution >= 0.6 is 0 Å². The van der Waals surface area contributed by atoms with Gasteiger partial charge in [-0.1, -0.05) is 0 Å². The van der Waals surface area contributed by atoms with Crippen LogP contribution in [0.3, 0.4) is 0 Å². The van der Waals surface area contributed by atoms with Gasteiger partial charge in [-0.15, -0.1) is 0 Å². The van der Waals surface area contributed by atoms with E-state index in [0.717, 1.165) is 33.1 Å². The molecule has 2 N–H and O–H groups in total. The maximum atomic E-state index is 13.0. The van der Waals surface area contributed by atoms with Crippen molar-refractivity contribution < 1.29 is 14.3 Å². The van der Waals surface area contributed by atoms with E-state index in [1.54, 1.807) is 38.8 Å². The number of nitrogens with one attached hydrogen (secondary N) is 2. The van der Waals surface area contributed by atoms with Crippen molar-refractivity contribution in [2.24, 2.45) is 0 Å². The van der Waals surface area contributed by atoms with Crippen molar-refractivity contribution in [3.8, 4) is 17.6 Å². The van der Waals surface area contributed by atoms with Crippen LogP contribution in [0.1, 0.15) is 15.9 Å². The van der Waals surface area contributed by atoms with Gasteiger partial charge >= 0.3 is 0 Å². The SMILES string of the molecule is COc1ccc2c(/C=C(\C#N)C(=O)c3c[nH]c4cc(OC)ccc34)c[nH]c2c1. The van der Waals surface area contributed by atoms with Crippen molar-refractivity contribution in [2.75, 3.05) is 14.2 Å². The number of aromatic amines is 2. The van der Waals surface area contributed by atoms with E-state index in [1.165, 1.54) is 0 Å². The molecule has 0 unspecified atom stereocenters. The van der Waals surface area contributed by atoms with Crippen molar-refractivity contribution in [1.29, 1.82) is 5.26 Å². The number of hydrogen-bond acceptors (Lipinski definition) is 4. The number of methoxy groups -OCH3 is 2. The fraction of sp³-hybridized carbons (Fsp3) is 0.0909. The highest BCUT2D eigenvalue weighted by atomic mass is 16.5. The topological polar surface area (TPSA) is 90.9 Å². The van der Waals surface area contributed by atoms with Gasteiger partial charge in [0.15, 0.2) is 0 Å². The summed E-state index contributed by atoms with van der Waals surface area (Å²) >= 11 is 0. The molecule has 0 fully saturated rings. The van der Waals surface area contributed by atoms with Crippen molar-refractivity contribution in [3.63, 3.8) is 0 Å². The number of hydrogen-bond donors (Lipinski definition) is 2. The molecule has 0 radical (unpaired) electrons. The van der Waals surface area contributed by atoms with E-state index in [0.29, 0.717) is 11.3 Å². The Hall–Kier alpha value is -3.98. The van der Waals surface area contributed by atoms with Crippen molar-refractivity contribution in [2.45, 2.75) is 0 Å². The molecule has 0 bridgehead atoms. The maximum Gasteiger partial charge on any atom is 0.205 e. The fourth-order valence-corrected chi connectivity index (χ4v) is 3.24. The molecule has 0 atom stereocenters. The van der Waals surface area contributed by atoms with E-state index in [2.05, 4.69) is 9.97 Å². The van der Waals surface area contributed by atoms with Crippen LogP contribution < -0.4 is 9.47 Å². The monoisotopic (exact) mass is 371 g/mol. The standard InChI is InChI=1S/C22H17N3O3/c1-27-15-3-5-17-14(11-24-20(17)8-15)7-13(10-23)22(26)19-12-25-21-9-16(28-2)4-6-18(19)21/h3-9,11-12,24-25H,1-2H3/b13-7+. The first-order chi connectivity index (χ1) is 13.6. The van der Waals surface area contributed by atoms with Crippen LogP contribution in [-0.2, 0) is 0 Å². The van der Waals surface area contributed by atoms with E-state index in [4.69, 9.17) is 9.47 Å². The van der Waals surface area contributed by atoms with E-state index in [1.807, 2.05) is 36.4 Å². The van der Waals surface area contributed by atoms with E-state index < -0.39 is 0 Å². The molecule has 28 heavy (non-hydrogen) atoms. The number of nitriles is 1. The van der Waals surface area contributed by atoms with Crippen LogP contribution in [0.2, 0.25) is 0 Å². The molecule has 2 aromatic heterocycles. The lowest BCUT2D eigenvalue weighted by Gasteiger charge is -2.01. The van der Waals surface area contributed by atoms with Crippen molar-refractivity contribution in [3.05, 3.63) is 65.5 Å². The first kappa shape index (κ1) is 17.4. The van der Waals surface area contributed by atoms with Crippen LogP contribution in [0.25, 0.3) is 27.9 Å². The second kappa shape index (κ2) is 6.97. The summed E-state index contributed by atoms with van der Waals surface area (Å²) in [4.78, 5) is 19.2. The average molecular weight is 371 g/mol. The van der Waals surface area contributed by atoms with E-state index >= 15 is 0 Å². The lowest BCUT2D eigenvalue weighted by molar-refractivity contribution is 0.104. The predicted octanol–water partition coefficient (Wildman–Crippen LogP) is 4.46. The molecule has 6 heteroatoms. The summed E-state index contributed by atoms with van der Waals surface area (Å²) in [6.07, 6.45) is 5.00. The third-order valence-electron chi connectivity index (χ3n) is 4.72. The second-order valence-corrected chi connectivity index (χ2v) is 6.27. The van der Waals surface area contributed by atoms with Crippen molar-refractivity contribution >= 4 is 33.7 Å². The van der Waals surface area contributed by atoms with Gasteiger partial charge in [0, 0.05) is 57.5 Å². The highest BCUT2D eigenvalue weighted by Gasteiger charge is 2.17. The lowest BCUT2D eigenvalue weighted by atomic mass is 10.0. The Kier molecular flexibility index (Phi) is 4.34. The summed E-state index contributed by atoms with van der Waals surface area (Å²) < 4.78 is 10.4. The minimum absolute atomic E-state index is 0.0634. The average Bonchev–Trinajstić information content (AvgIpc) is 3.34. The molecular formula is C22H17N3O3. The van der Waals surface area contributed by atoms with Crippen LogP contribution in [0.4, 0.5) is 0 Å². The van der Waals surface area contributed by atoms with E-state index in [9.17, 15) is 10.1 Å². The second-order valence-electron chi connectivity index (χ2n) is 6.27. The predicted molar refractivity (Wildman–Crippen MR) is 108 cm³/mol. The van der Waals surface area contributed by atoms with Gasteiger partial charge in [-0.2, -0.15) is 5.26 Å². The number of rotatable bonds is 5. The molecule has 0 aliphatic rings. The molecule has 0 spiro atoms. The third kappa shape index (κ3) is 2.89. The molecule has 0 aliphatic carbocycles. The first-order valence-electron chi connectivity index (χ1n) is 8.61. The Morgan fingerprint density at radius 1 is 0.964 bits per heavy atom. The minimum Gasteiger partial charge on any atom is -0.497 e. The van der Waals surface area contributed by atoms with Crippen LogP contribution in [0.15, 0.2) is 54.4 Å². The quantitative estimate of drug-likeness (QED) is 0.308. The van der Waals surface area contributed by atoms with E-state index in [-0.39, 0.29) is 11.4 Å². The zero-order valence-electron chi connectivity index (χ0n) is 15.4. The Morgan fingerprint density at radius 3 is 2.21 bits per heavy atom. The maximum absolute atomic E-state index is 13.0. The smallest absolute Gasteiger partial charge is 0.205 e. The zero-order valence-corrected chi connectivity index (χ0v) is 15.4. The number of benzene rings is 2.